The van der Waals surface area contributed by atoms with E-state index in [9.17, 15) is 9.90 Å². The van der Waals surface area contributed by atoms with Gasteiger partial charge in [-0.15, -0.1) is 0 Å². The maximum absolute atomic E-state index is 12.0. The molecule has 4 nitrogen and oxygen atoms in total. The smallest absolute Gasteiger partial charge is 0.347 e. The zero-order valence-electron chi connectivity index (χ0n) is 13.3. The standard InChI is InChI=1S/C19H22O4/c1-2-3-4-7-14-22-15-10-12-16(13-11-15)23-19(21)17-8-5-6-9-18(17)20/h5-6,8-13,20H,2-4,7,14H2,1H3. The first-order valence-corrected chi connectivity index (χ1v) is 7.93. The Morgan fingerprint density at radius 3 is 2.35 bits per heavy atom. The third-order valence-electron chi connectivity index (χ3n) is 3.42. The van der Waals surface area contributed by atoms with Crippen molar-refractivity contribution in [3.8, 4) is 17.2 Å². The van der Waals surface area contributed by atoms with E-state index in [1.807, 2.05) is 0 Å². The van der Waals surface area contributed by atoms with Gasteiger partial charge in [0.25, 0.3) is 0 Å². The predicted octanol–water partition coefficient (Wildman–Crippen LogP) is 4.57. The van der Waals surface area contributed by atoms with Crippen LogP contribution in [0.4, 0.5) is 0 Å². The lowest BCUT2D eigenvalue weighted by Crippen LogP contribution is -2.08. The number of phenols is 1. The first-order chi connectivity index (χ1) is 11.2. The van der Waals surface area contributed by atoms with Gasteiger partial charge in [-0.25, -0.2) is 4.79 Å². The predicted molar refractivity (Wildman–Crippen MR) is 89.1 cm³/mol. The summed E-state index contributed by atoms with van der Waals surface area (Å²) in [5.74, 6) is 0.487. The van der Waals surface area contributed by atoms with Crippen molar-refractivity contribution in [3.05, 3.63) is 54.1 Å². The summed E-state index contributed by atoms with van der Waals surface area (Å²) in [4.78, 5) is 12.0. The Kier molecular flexibility index (Phi) is 6.48. The number of esters is 1. The second-order valence-electron chi connectivity index (χ2n) is 5.29. The van der Waals surface area contributed by atoms with Crippen molar-refractivity contribution in [3.63, 3.8) is 0 Å². The molecule has 1 N–H and O–H groups in total. The van der Waals surface area contributed by atoms with Gasteiger partial charge in [-0.3, -0.25) is 0 Å². The highest BCUT2D eigenvalue weighted by molar-refractivity contribution is 5.93. The molecular weight excluding hydrogens is 292 g/mol. The number of carbonyl (C=O) groups is 1. The van der Waals surface area contributed by atoms with Crippen molar-refractivity contribution in [2.75, 3.05) is 6.61 Å². The zero-order valence-corrected chi connectivity index (χ0v) is 13.3. The van der Waals surface area contributed by atoms with Crippen molar-refractivity contribution in [2.24, 2.45) is 0 Å². The van der Waals surface area contributed by atoms with E-state index in [0.717, 1.165) is 12.2 Å². The second-order valence-corrected chi connectivity index (χ2v) is 5.29. The lowest BCUT2D eigenvalue weighted by Gasteiger charge is -2.08. The van der Waals surface area contributed by atoms with Gasteiger partial charge in [-0.1, -0.05) is 38.3 Å². The summed E-state index contributed by atoms with van der Waals surface area (Å²) >= 11 is 0. The van der Waals surface area contributed by atoms with Crippen LogP contribution in [0.3, 0.4) is 0 Å². The number of hydrogen-bond acceptors (Lipinski definition) is 4. The molecule has 122 valence electrons. The number of carbonyl (C=O) groups excluding carboxylic acids is 1. The van der Waals surface area contributed by atoms with Gasteiger partial charge in [0.1, 0.15) is 22.8 Å². The van der Waals surface area contributed by atoms with Crippen LogP contribution < -0.4 is 9.47 Å². The third kappa shape index (κ3) is 5.33. The van der Waals surface area contributed by atoms with Gasteiger partial charge >= 0.3 is 5.97 Å². The Balaban J connectivity index is 1.85. The maximum Gasteiger partial charge on any atom is 0.347 e. The SMILES string of the molecule is CCCCCCOc1ccc(OC(=O)c2ccccc2O)cc1. The Morgan fingerprint density at radius 1 is 0.957 bits per heavy atom. The molecule has 0 radical (unpaired) electrons. The number of ether oxygens (including phenoxy) is 2. The van der Waals surface area contributed by atoms with Gasteiger partial charge in [-0.05, 0) is 42.8 Å². The fourth-order valence-corrected chi connectivity index (χ4v) is 2.13. The normalized spacial score (nSPS) is 10.3. The second kappa shape index (κ2) is 8.83. The van der Waals surface area contributed by atoms with E-state index in [1.54, 1.807) is 36.4 Å². The monoisotopic (exact) mass is 314 g/mol. The van der Waals surface area contributed by atoms with Gasteiger partial charge in [0, 0.05) is 0 Å². The van der Waals surface area contributed by atoms with Crippen molar-refractivity contribution in [1.29, 1.82) is 0 Å². The lowest BCUT2D eigenvalue weighted by molar-refractivity contribution is 0.0731. The molecule has 4 heteroatoms. The van der Waals surface area contributed by atoms with Crippen LogP contribution in [0.1, 0.15) is 43.0 Å². The topological polar surface area (TPSA) is 55.8 Å². The minimum atomic E-state index is -0.587. The molecule has 0 saturated carbocycles. The molecule has 0 aromatic heterocycles. The minimum Gasteiger partial charge on any atom is -0.507 e. The van der Waals surface area contributed by atoms with E-state index in [1.165, 1.54) is 31.4 Å². The van der Waals surface area contributed by atoms with E-state index < -0.39 is 5.97 Å². The molecule has 0 fully saturated rings. The number of benzene rings is 2. The number of rotatable bonds is 8. The minimum absolute atomic E-state index is 0.0930. The summed E-state index contributed by atoms with van der Waals surface area (Å²) in [6.45, 7) is 2.87. The first-order valence-electron chi connectivity index (χ1n) is 7.93. The molecule has 0 saturated heterocycles. The van der Waals surface area contributed by atoms with Crippen LogP contribution in [0, 0.1) is 0 Å². The number of para-hydroxylation sites is 1. The van der Waals surface area contributed by atoms with Crippen LogP contribution in [-0.4, -0.2) is 17.7 Å². The van der Waals surface area contributed by atoms with Gasteiger partial charge in [-0.2, -0.15) is 0 Å². The average molecular weight is 314 g/mol. The Hall–Kier alpha value is -2.49. The number of phenolic OH excluding ortho intramolecular Hbond substituents is 1. The summed E-state index contributed by atoms with van der Waals surface area (Å²) in [5, 5.41) is 9.64. The molecule has 0 atom stereocenters. The van der Waals surface area contributed by atoms with Crippen molar-refractivity contribution in [1.82, 2.24) is 0 Å². The Bertz CT molecular complexity index is 620. The number of hydrogen-bond donors (Lipinski definition) is 1. The highest BCUT2D eigenvalue weighted by Gasteiger charge is 2.12. The molecular formula is C19H22O4. The molecule has 0 heterocycles. The van der Waals surface area contributed by atoms with Crippen molar-refractivity contribution >= 4 is 5.97 Å². The lowest BCUT2D eigenvalue weighted by atomic mass is 10.2. The zero-order chi connectivity index (χ0) is 16.5. The van der Waals surface area contributed by atoms with E-state index >= 15 is 0 Å². The fraction of sp³-hybridized carbons (Fsp3) is 0.316. The first kappa shape index (κ1) is 16.9. The van der Waals surface area contributed by atoms with E-state index in [2.05, 4.69) is 6.92 Å². The molecule has 0 bridgehead atoms. The molecule has 0 aliphatic heterocycles. The van der Waals surface area contributed by atoms with E-state index in [4.69, 9.17) is 9.47 Å². The summed E-state index contributed by atoms with van der Waals surface area (Å²) in [5.41, 5.74) is 0.142. The number of unbranched alkanes of at least 4 members (excludes halogenated alkanes) is 3. The molecule has 2 aromatic carbocycles. The van der Waals surface area contributed by atoms with E-state index in [-0.39, 0.29) is 11.3 Å². The Morgan fingerprint density at radius 2 is 1.65 bits per heavy atom. The van der Waals surface area contributed by atoms with Crippen LogP contribution in [0.25, 0.3) is 0 Å². The highest BCUT2D eigenvalue weighted by Crippen LogP contribution is 2.21. The van der Waals surface area contributed by atoms with Crippen LogP contribution in [0.5, 0.6) is 17.2 Å². The summed E-state index contributed by atoms with van der Waals surface area (Å²) < 4.78 is 10.9. The largest absolute Gasteiger partial charge is 0.507 e. The summed E-state index contributed by atoms with van der Waals surface area (Å²) in [7, 11) is 0. The molecule has 2 aromatic rings. The summed E-state index contributed by atoms with van der Waals surface area (Å²) in [6.07, 6.45) is 4.65. The van der Waals surface area contributed by atoms with Crippen LogP contribution in [0.15, 0.2) is 48.5 Å². The Labute approximate surface area is 136 Å². The van der Waals surface area contributed by atoms with Gasteiger partial charge < -0.3 is 14.6 Å². The van der Waals surface area contributed by atoms with Crippen molar-refractivity contribution < 1.29 is 19.4 Å². The van der Waals surface area contributed by atoms with Gasteiger partial charge in [0.2, 0.25) is 0 Å². The molecule has 0 unspecified atom stereocenters. The van der Waals surface area contributed by atoms with Crippen LogP contribution >= 0.6 is 0 Å². The highest BCUT2D eigenvalue weighted by atomic mass is 16.5. The third-order valence-corrected chi connectivity index (χ3v) is 3.42. The van der Waals surface area contributed by atoms with Gasteiger partial charge in [0.05, 0.1) is 6.61 Å². The molecule has 0 aliphatic rings. The fourth-order valence-electron chi connectivity index (χ4n) is 2.13. The van der Waals surface area contributed by atoms with Crippen LogP contribution in [0.2, 0.25) is 0 Å². The summed E-state index contributed by atoms with van der Waals surface area (Å²) in [6, 6.07) is 13.2. The molecule has 0 aliphatic carbocycles. The maximum atomic E-state index is 12.0. The number of aromatic hydroxyl groups is 1. The van der Waals surface area contributed by atoms with Crippen molar-refractivity contribution in [2.45, 2.75) is 32.6 Å². The van der Waals surface area contributed by atoms with E-state index in [0.29, 0.717) is 12.4 Å². The molecule has 23 heavy (non-hydrogen) atoms. The molecule has 0 spiro atoms. The van der Waals surface area contributed by atoms with Gasteiger partial charge in [0.15, 0.2) is 0 Å². The quantitative estimate of drug-likeness (QED) is 0.440. The average Bonchev–Trinajstić information content (AvgIpc) is 2.56. The molecule has 0 amide bonds. The van der Waals surface area contributed by atoms with Crippen LogP contribution in [-0.2, 0) is 0 Å². The molecule has 2 rings (SSSR count).